The highest BCUT2D eigenvalue weighted by Gasteiger charge is 2.50. The van der Waals surface area contributed by atoms with Crippen LogP contribution in [0.15, 0.2) is 11.9 Å². The second-order valence-electron chi connectivity index (χ2n) is 1.64. The number of hydrogen-bond acceptors (Lipinski definition) is 1. The van der Waals surface area contributed by atoms with Gasteiger partial charge in [-0.3, -0.25) is 0 Å². The molecule has 78 valence electrons. The average Bonchev–Trinajstić information content (AvgIpc) is 1.80. The Morgan fingerprint density at radius 3 is 1.46 bits per heavy atom. The van der Waals surface area contributed by atoms with Gasteiger partial charge in [-0.2, -0.15) is 22.0 Å². The minimum absolute atomic E-state index is 1.80. The van der Waals surface area contributed by atoms with E-state index in [-0.39, 0.29) is 0 Å². The van der Waals surface area contributed by atoms with Gasteiger partial charge in [0.15, 0.2) is 0 Å². The van der Waals surface area contributed by atoms with E-state index in [1.54, 1.807) is 4.74 Å². The summed E-state index contributed by atoms with van der Waals surface area (Å²) in [6, 6.07) is 0. The van der Waals surface area contributed by atoms with Gasteiger partial charge in [0.25, 0.3) is 5.83 Å². The van der Waals surface area contributed by atoms with Crippen molar-refractivity contribution >= 4 is 0 Å². The van der Waals surface area contributed by atoms with Crippen LogP contribution in [0, 0.1) is 0 Å². The van der Waals surface area contributed by atoms with Crippen LogP contribution in [0.2, 0.25) is 0 Å². The molecule has 0 unspecified atom stereocenters. The molecule has 0 saturated carbocycles. The summed E-state index contributed by atoms with van der Waals surface area (Å²) >= 11 is 0. The van der Waals surface area contributed by atoms with Crippen LogP contribution in [-0.2, 0) is 4.74 Å². The molecule has 9 heteroatoms. The van der Waals surface area contributed by atoms with Gasteiger partial charge >= 0.3 is 18.6 Å². The first-order chi connectivity index (χ1) is 5.56. The van der Waals surface area contributed by atoms with Crippen LogP contribution in [-0.4, -0.2) is 12.5 Å². The zero-order chi connectivity index (χ0) is 10.9. The van der Waals surface area contributed by atoms with E-state index >= 15 is 0 Å². The molecule has 0 atom stereocenters. The quantitative estimate of drug-likeness (QED) is 0.644. The van der Waals surface area contributed by atoms with E-state index in [0.717, 1.165) is 0 Å². The second-order valence-corrected chi connectivity index (χ2v) is 1.64. The SMILES string of the molecule is FC(F)=C(F)C(F)(F)OC(F)(F)F. The number of hydrogen-bond donors (Lipinski definition) is 0. The zero-order valence-corrected chi connectivity index (χ0v) is 5.43. The fourth-order valence-corrected chi connectivity index (χ4v) is 0.300. The van der Waals surface area contributed by atoms with Gasteiger partial charge in [-0.15, -0.1) is 13.2 Å². The third-order valence-electron chi connectivity index (χ3n) is 0.665. The Bertz CT molecular complexity index is 211. The number of halogens is 8. The molecule has 0 radical (unpaired) electrons. The normalized spacial score (nSPS) is 12.9. The minimum atomic E-state index is -5.91. The molecule has 0 aliphatic rings. The maximum absolute atomic E-state index is 11.7. The molecule has 0 fully saturated rings. The van der Waals surface area contributed by atoms with Crippen molar-refractivity contribution in [2.45, 2.75) is 12.5 Å². The van der Waals surface area contributed by atoms with Crippen molar-refractivity contribution in [1.29, 1.82) is 0 Å². The predicted octanol–water partition coefficient (Wildman–Crippen LogP) is 3.19. The molecule has 0 aliphatic heterocycles. The summed E-state index contributed by atoms with van der Waals surface area (Å²) < 4.78 is 92.1. The van der Waals surface area contributed by atoms with Gasteiger partial charge in [-0.1, -0.05) is 0 Å². The van der Waals surface area contributed by atoms with Gasteiger partial charge in [-0.05, 0) is 0 Å². The summed E-state index contributed by atoms with van der Waals surface area (Å²) in [5, 5.41) is 0. The molecule has 0 aliphatic carbocycles. The minimum Gasteiger partial charge on any atom is -0.220 e. The monoisotopic (exact) mass is 216 g/mol. The van der Waals surface area contributed by atoms with E-state index in [2.05, 4.69) is 0 Å². The summed E-state index contributed by atoms with van der Waals surface area (Å²) in [4.78, 5) is 0. The number of ether oxygens (including phenoxy) is 1. The lowest BCUT2D eigenvalue weighted by Gasteiger charge is -2.15. The van der Waals surface area contributed by atoms with Crippen LogP contribution in [0.25, 0.3) is 0 Å². The maximum Gasteiger partial charge on any atom is 0.527 e. The van der Waals surface area contributed by atoms with Crippen LogP contribution < -0.4 is 0 Å². The van der Waals surface area contributed by atoms with E-state index in [9.17, 15) is 35.1 Å². The van der Waals surface area contributed by atoms with E-state index in [1.165, 1.54) is 0 Å². The molecule has 0 rings (SSSR count). The molecular weight excluding hydrogens is 216 g/mol. The number of rotatable bonds is 2. The zero-order valence-electron chi connectivity index (χ0n) is 5.43. The number of alkyl halides is 5. The Morgan fingerprint density at radius 2 is 1.23 bits per heavy atom. The van der Waals surface area contributed by atoms with Crippen molar-refractivity contribution in [3.8, 4) is 0 Å². The van der Waals surface area contributed by atoms with E-state index < -0.39 is 24.4 Å². The second kappa shape index (κ2) is 3.48. The molecule has 0 amide bonds. The summed E-state index contributed by atoms with van der Waals surface area (Å²) in [6.07, 6.45) is -15.2. The standard InChI is InChI=1S/C4F8O/c5-1(2(6)7)3(8,9)13-4(10,11)12. The lowest BCUT2D eigenvalue weighted by Crippen LogP contribution is -2.30. The summed E-state index contributed by atoms with van der Waals surface area (Å²) in [5.41, 5.74) is 0. The Hall–Kier alpha value is -0.860. The van der Waals surface area contributed by atoms with Crippen LogP contribution in [0.4, 0.5) is 35.1 Å². The molecule has 0 bridgehead atoms. The highest BCUT2D eigenvalue weighted by Crippen LogP contribution is 2.36. The van der Waals surface area contributed by atoms with Crippen molar-refractivity contribution in [2.24, 2.45) is 0 Å². The van der Waals surface area contributed by atoms with Crippen molar-refractivity contribution in [2.75, 3.05) is 0 Å². The van der Waals surface area contributed by atoms with Crippen LogP contribution in [0.1, 0.15) is 0 Å². The first-order valence-electron chi connectivity index (χ1n) is 2.42. The maximum atomic E-state index is 11.7. The highest BCUT2D eigenvalue weighted by atomic mass is 19.4. The Kier molecular flexibility index (Phi) is 3.25. The van der Waals surface area contributed by atoms with Crippen molar-refractivity contribution < 1.29 is 39.9 Å². The molecule has 0 aromatic heterocycles. The average molecular weight is 216 g/mol. The van der Waals surface area contributed by atoms with E-state index in [0.29, 0.717) is 0 Å². The molecule has 0 N–H and O–H groups in total. The topological polar surface area (TPSA) is 9.23 Å². The highest BCUT2D eigenvalue weighted by molar-refractivity contribution is 4.99. The molecule has 13 heavy (non-hydrogen) atoms. The predicted molar refractivity (Wildman–Crippen MR) is 22.4 cm³/mol. The third-order valence-corrected chi connectivity index (χ3v) is 0.665. The smallest absolute Gasteiger partial charge is 0.220 e. The van der Waals surface area contributed by atoms with Crippen LogP contribution in [0.3, 0.4) is 0 Å². The lowest BCUT2D eigenvalue weighted by atomic mass is 10.5. The van der Waals surface area contributed by atoms with Gasteiger partial charge in [0.2, 0.25) is 0 Å². The molecule has 0 aromatic rings. The molecule has 1 nitrogen and oxygen atoms in total. The molecule has 0 saturated heterocycles. The Labute approximate surface area is 65.6 Å². The van der Waals surface area contributed by atoms with Crippen LogP contribution in [0.5, 0.6) is 0 Å². The largest absolute Gasteiger partial charge is 0.527 e. The lowest BCUT2D eigenvalue weighted by molar-refractivity contribution is -0.416. The first-order valence-corrected chi connectivity index (χ1v) is 2.42. The Morgan fingerprint density at radius 1 is 0.846 bits per heavy atom. The van der Waals surface area contributed by atoms with Gasteiger partial charge in [0.05, 0.1) is 0 Å². The third kappa shape index (κ3) is 4.06. The van der Waals surface area contributed by atoms with E-state index in [4.69, 9.17) is 0 Å². The summed E-state index contributed by atoms with van der Waals surface area (Å²) in [6.45, 7) is 0. The van der Waals surface area contributed by atoms with Crippen molar-refractivity contribution in [1.82, 2.24) is 0 Å². The van der Waals surface area contributed by atoms with Gasteiger partial charge < -0.3 is 0 Å². The molecule has 0 aromatic carbocycles. The van der Waals surface area contributed by atoms with Crippen molar-refractivity contribution in [3.05, 3.63) is 11.9 Å². The summed E-state index contributed by atoms with van der Waals surface area (Å²) in [5.74, 6) is -3.56. The first kappa shape index (κ1) is 12.1. The fourth-order valence-electron chi connectivity index (χ4n) is 0.300. The van der Waals surface area contributed by atoms with Gasteiger partial charge in [-0.25, -0.2) is 4.74 Å². The van der Waals surface area contributed by atoms with Crippen molar-refractivity contribution in [3.63, 3.8) is 0 Å². The summed E-state index contributed by atoms with van der Waals surface area (Å²) in [7, 11) is 0. The fraction of sp³-hybridized carbons (Fsp3) is 0.500. The van der Waals surface area contributed by atoms with Gasteiger partial charge in [0, 0.05) is 0 Å². The van der Waals surface area contributed by atoms with E-state index in [1.807, 2.05) is 0 Å². The van der Waals surface area contributed by atoms with Gasteiger partial charge in [0.1, 0.15) is 0 Å². The van der Waals surface area contributed by atoms with Crippen LogP contribution >= 0.6 is 0 Å². The molecule has 0 heterocycles. The molecule has 0 spiro atoms. The Balaban J connectivity index is 4.69. The molecular formula is C4F8O.